The average Bonchev–Trinajstić information content (AvgIpc) is 2.13. The van der Waals surface area contributed by atoms with Crippen molar-refractivity contribution in [3.05, 3.63) is 17.7 Å². The van der Waals surface area contributed by atoms with Gasteiger partial charge in [-0.05, 0) is 19.1 Å². The molecule has 76 valence electrons. The minimum atomic E-state index is -0.796. The van der Waals surface area contributed by atoms with Crippen LogP contribution in [-0.4, -0.2) is 22.8 Å². The predicted molar refractivity (Wildman–Crippen MR) is 50.1 cm³/mol. The predicted octanol–water partition coefficient (Wildman–Crippen LogP) is 0.857. The molecule has 0 saturated heterocycles. The molecule has 0 amide bonds. The van der Waals surface area contributed by atoms with E-state index in [1.165, 1.54) is 12.1 Å². The van der Waals surface area contributed by atoms with Crippen LogP contribution in [0.3, 0.4) is 0 Å². The van der Waals surface area contributed by atoms with E-state index in [-0.39, 0.29) is 23.6 Å². The lowest BCUT2D eigenvalue weighted by Gasteiger charge is -2.07. The Morgan fingerprint density at radius 2 is 2.14 bits per heavy atom. The first-order valence-electron chi connectivity index (χ1n) is 4.05. The molecule has 14 heavy (non-hydrogen) atoms. The number of carbonyl (C=O) groups is 1. The van der Waals surface area contributed by atoms with Crippen LogP contribution in [0.25, 0.3) is 0 Å². The standard InChI is InChI=1S/C9H11NO4/c1-2-14-9(13)7-6(11)4-3-5(10)8(7)12/h3-4,11-12H,2,10H2,1H3. The van der Waals surface area contributed by atoms with Crippen LogP contribution in [0.2, 0.25) is 0 Å². The summed E-state index contributed by atoms with van der Waals surface area (Å²) in [6.07, 6.45) is 0. The Labute approximate surface area is 80.7 Å². The Hall–Kier alpha value is -1.91. The molecule has 0 radical (unpaired) electrons. The van der Waals surface area contributed by atoms with E-state index < -0.39 is 11.7 Å². The van der Waals surface area contributed by atoms with Crippen LogP contribution < -0.4 is 5.73 Å². The number of esters is 1. The molecule has 0 spiro atoms. The molecule has 1 rings (SSSR count). The van der Waals surface area contributed by atoms with Crippen molar-refractivity contribution in [1.29, 1.82) is 0 Å². The number of rotatable bonds is 2. The summed E-state index contributed by atoms with van der Waals surface area (Å²) in [5.41, 5.74) is 5.07. The lowest BCUT2D eigenvalue weighted by Crippen LogP contribution is -2.06. The Kier molecular flexibility index (Phi) is 2.81. The minimum Gasteiger partial charge on any atom is -0.507 e. The lowest BCUT2D eigenvalue weighted by atomic mass is 10.1. The van der Waals surface area contributed by atoms with E-state index in [0.717, 1.165) is 0 Å². The van der Waals surface area contributed by atoms with Crippen LogP contribution in [0.4, 0.5) is 5.69 Å². The number of phenolic OH excluding ortho intramolecular Hbond substituents is 2. The maximum Gasteiger partial charge on any atom is 0.345 e. The number of hydrogen-bond acceptors (Lipinski definition) is 5. The minimum absolute atomic E-state index is 0.0193. The second-order valence-corrected chi connectivity index (χ2v) is 2.62. The number of hydrogen-bond donors (Lipinski definition) is 3. The molecule has 0 aromatic heterocycles. The Morgan fingerprint density at radius 3 is 2.71 bits per heavy atom. The van der Waals surface area contributed by atoms with Crippen LogP contribution in [0.15, 0.2) is 12.1 Å². The summed E-state index contributed by atoms with van der Waals surface area (Å²) >= 11 is 0. The average molecular weight is 197 g/mol. The molecule has 4 N–H and O–H groups in total. The highest BCUT2D eigenvalue weighted by molar-refractivity contribution is 5.97. The second kappa shape index (κ2) is 3.87. The highest BCUT2D eigenvalue weighted by atomic mass is 16.5. The molecule has 0 atom stereocenters. The largest absolute Gasteiger partial charge is 0.507 e. The first-order valence-corrected chi connectivity index (χ1v) is 4.05. The summed E-state index contributed by atoms with van der Waals surface area (Å²) in [6.45, 7) is 1.78. The Bertz CT molecular complexity index is 362. The van der Waals surface area contributed by atoms with Crippen molar-refractivity contribution in [2.75, 3.05) is 12.3 Å². The lowest BCUT2D eigenvalue weighted by molar-refractivity contribution is 0.0520. The van der Waals surface area contributed by atoms with Gasteiger partial charge in [-0.3, -0.25) is 0 Å². The van der Waals surface area contributed by atoms with Crippen LogP contribution in [0.1, 0.15) is 17.3 Å². The first kappa shape index (κ1) is 10.2. The van der Waals surface area contributed by atoms with Crippen molar-refractivity contribution >= 4 is 11.7 Å². The fourth-order valence-electron chi connectivity index (χ4n) is 1.00. The molecule has 1 aromatic rings. The topological polar surface area (TPSA) is 92.8 Å². The number of phenols is 2. The van der Waals surface area contributed by atoms with Gasteiger partial charge < -0.3 is 20.7 Å². The third-order valence-electron chi connectivity index (χ3n) is 1.67. The Balaban J connectivity index is 3.18. The molecule has 5 heteroatoms. The molecule has 0 aliphatic rings. The molecule has 0 unspecified atom stereocenters. The fourth-order valence-corrected chi connectivity index (χ4v) is 1.00. The third kappa shape index (κ3) is 1.71. The molecule has 5 nitrogen and oxygen atoms in total. The van der Waals surface area contributed by atoms with Gasteiger partial charge in [-0.15, -0.1) is 0 Å². The van der Waals surface area contributed by atoms with Crippen molar-refractivity contribution in [3.63, 3.8) is 0 Å². The van der Waals surface area contributed by atoms with Gasteiger partial charge in [0.2, 0.25) is 0 Å². The van der Waals surface area contributed by atoms with E-state index in [0.29, 0.717) is 0 Å². The first-order chi connectivity index (χ1) is 6.57. The zero-order valence-corrected chi connectivity index (χ0v) is 7.65. The fraction of sp³-hybridized carbons (Fsp3) is 0.222. The maximum atomic E-state index is 11.2. The van der Waals surface area contributed by atoms with E-state index in [1.807, 2.05) is 0 Å². The molecule has 0 saturated carbocycles. The van der Waals surface area contributed by atoms with Crippen molar-refractivity contribution < 1.29 is 19.7 Å². The van der Waals surface area contributed by atoms with Crippen molar-refractivity contribution in [3.8, 4) is 11.5 Å². The maximum absolute atomic E-state index is 11.2. The number of anilines is 1. The number of nitrogen functional groups attached to an aromatic ring is 1. The zero-order valence-electron chi connectivity index (χ0n) is 7.65. The highest BCUT2D eigenvalue weighted by Crippen LogP contribution is 2.32. The highest BCUT2D eigenvalue weighted by Gasteiger charge is 2.19. The monoisotopic (exact) mass is 197 g/mol. The van der Waals surface area contributed by atoms with Gasteiger partial charge in [0.15, 0.2) is 5.75 Å². The summed E-state index contributed by atoms with van der Waals surface area (Å²) in [7, 11) is 0. The van der Waals surface area contributed by atoms with Crippen LogP contribution in [0, 0.1) is 0 Å². The quantitative estimate of drug-likeness (QED) is 0.283. The molecule has 1 aromatic carbocycles. The van der Waals surface area contributed by atoms with Gasteiger partial charge in [0.05, 0.1) is 12.3 Å². The van der Waals surface area contributed by atoms with Crippen molar-refractivity contribution in [2.45, 2.75) is 6.92 Å². The van der Waals surface area contributed by atoms with Crippen molar-refractivity contribution in [2.24, 2.45) is 0 Å². The van der Waals surface area contributed by atoms with Gasteiger partial charge in [0.25, 0.3) is 0 Å². The molecule has 0 bridgehead atoms. The zero-order chi connectivity index (χ0) is 10.7. The normalized spacial score (nSPS) is 9.79. The van der Waals surface area contributed by atoms with Crippen molar-refractivity contribution in [1.82, 2.24) is 0 Å². The number of carbonyl (C=O) groups excluding carboxylic acids is 1. The van der Waals surface area contributed by atoms with Gasteiger partial charge in [0, 0.05) is 0 Å². The summed E-state index contributed by atoms with van der Waals surface area (Å²) in [5, 5.41) is 18.7. The van der Waals surface area contributed by atoms with Gasteiger partial charge >= 0.3 is 5.97 Å². The molecule has 0 aliphatic heterocycles. The van der Waals surface area contributed by atoms with E-state index in [1.54, 1.807) is 6.92 Å². The summed E-state index contributed by atoms with van der Waals surface area (Å²) in [5.74, 6) is -1.60. The van der Waals surface area contributed by atoms with Gasteiger partial charge in [-0.25, -0.2) is 4.79 Å². The van der Waals surface area contributed by atoms with Crippen LogP contribution in [-0.2, 0) is 4.74 Å². The van der Waals surface area contributed by atoms with Crippen LogP contribution >= 0.6 is 0 Å². The van der Waals surface area contributed by atoms with Gasteiger partial charge in [0.1, 0.15) is 11.3 Å². The third-order valence-corrected chi connectivity index (χ3v) is 1.67. The second-order valence-electron chi connectivity index (χ2n) is 2.62. The molecule has 0 aliphatic carbocycles. The molecular formula is C9H11NO4. The number of aromatic hydroxyl groups is 2. The number of nitrogens with two attached hydrogens (primary N) is 1. The van der Waals surface area contributed by atoms with Crippen LogP contribution in [0.5, 0.6) is 11.5 Å². The summed E-state index contributed by atoms with van der Waals surface area (Å²) in [6, 6.07) is 2.52. The summed E-state index contributed by atoms with van der Waals surface area (Å²) < 4.78 is 4.63. The smallest absolute Gasteiger partial charge is 0.345 e. The summed E-state index contributed by atoms with van der Waals surface area (Å²) in [4.78, 5) is 11.2. The SMILES string of the molecule is CCOC(=O)c1c(O)ccc(N)c1O. The van der Waals surface area contributed by atoms with E-state index >= 15 is 0 Å². The van der Waals surface area contributed by atoms with E-state index in [2.05, 4.69) is 4.74 Å². The van der Waals surface area contributed by atoms with Gasteiger partial charge in [-0.1, -0.05) is 0 Å². The van der Waals surface area contributed by atoms with E-state index in [4.69, 9.17) is 5.73 Å². The molecular weight excluding hydrogens is 186 g/mol. The van der Waals surface area contributed by atoms with E-state index in [9.17, 15) is 15.0 Å². The molecule has 0 fully saturated rings. The number of benzene rings is 1. The Morgan fingerprint density at radius 1 is 1.50 bits per heavy atom. The van der Waals surface area contributed by atoms with Gasteiger partial charge in [-0.2, -0.15) is 0 Å². The number of ether oxygens (including phenoxy) is 1. The molecule has 0 heterocycles.